The normalized spacial score (nSPS) is 14.5. The van der Waals surface area contributed by atoms with Gasteiger partial charge in [-0.2, -0.15) is 0 Å². The molecule has 0 aromatic carbocycles. The van der Waals surface area contributed by atoms with Gasteiger partial charge < -0.3 is 0 Å². The van der Waals surface area contributed by atoms with Crippen molar-refractivity contribution in [3.8, 4) is 0 Å². The lowest BCUT2D eigenvalue weighted by Crippen LogP contribution is -1.85. The van der Waals surface area contributed by atoms with Crippen molar-refractivity contribution < 1.29 is 4.39 Å². The smallest absolute Gasteiger partial charge is 0.145 e. The molecule has 0 aromatic rings. The molecule has 0 radical (unpaired) electrons. The predicted octanol–water partition coefficient (Wildman–Crippen LogP) is 2.05. The Morgan fingerprint density at radius 2 is 2.33 bits per heavy atom. The van der Waals surface area contributed by atoms with Crippen LogP contribution in [-0.2, 0) is 0 Å². The van der Waals surface area contributed by atoms with E-state index < -0.39 is 5.50 Å². The largest absolute Gasteiger partial charge is 0.236 e. The maximum Gasteiger partial charge on any atom is 0.145 e. The number of halogens is 1. The first-order valence-electron chi connectivity index (χ1n) is 1.98. The summed E-state index contributed by atoms with van der Waals surface area (Å²) in [5, 5.41) is 0. The minimum Gasteiger partial charge on any atom is -0.236 e. The van der Waals surface area contributed by atoms with Gasteiger partial charge in [-0.3, -0.25) is 0 Å². The maximum absolute atomic E-state index is 11.8. The summed E-state index contributed by atoms with van der Waals surface area (Å²) in [6.07, 6.45) is 2.40. The highest BCUT2D eigenvalue weighted by Gasteiger charge is 1.94. The molecule has 0 spiro atoms. The Bertz CT molecular complexity index is 26.7. The summed E-state index contributed by atoms with van der Waals surface area (Å²) in [5.74, 6) is 0. The molecule has 0 aliphatic rings. The molecule has 1 unspecified atom stereocenters. The highest BCUT2D eigenvalue weighted by atomic mass is 32.2. The summed E-state index contributed by atoms with van der Waals surface area (Å²) >= 11 is 1.26. The number of hydrogen-bond acceptors (Lipinski definition) is 1. The van der Waals surface area contributed by atoms with Crippen LogP contribution in [0.5, 0.6) is 0 Å². The molecule has 0 heterocycles. The molecule has 38 valence electrons. The van der Waals surface area contributed by atoms with Crippen LogP contribution < -0.4 is 0 Å². The van der Waals surface area contributed by atoms with E-state index in [1.54, 1.807) is 6.26 Å². The van der Waals surface area contributed by atoms with E-state index in [4.69, 9.17) is 0 Å². The maximum atomic E-state index is 11.8. The first-order chi connectivity index (χ1) is 2.81. The summed E-state index contributed by atoms with van der Waals surface area (Å²) in [6, 6.07) is 0. The topological polar surface area (TPSA) is 0 Å². The quantitative estimate of drug-likeness (QED) is 0.521. The molecule has 0 rings (SSSR count). The van der Waals surface area contributed by atoms with Gasteiger partial charge in [0.2, 0.25) is 0 Å². The molecule has 0 amide bonds. The van der Waals surface area contributed by atoms with Crippen molar-refractivity contribution in [1.82, 2.24) is 0 Å². The first kappa shape index (κ1) is 6.28. The van der Waals surface area contributed by atoms with Crippen LogP contribution in [0, 0.1) is 0 Å². The molecule has 0 N–H and O–H groups in total. The fourth-order valence-electron chi connectivity index (χ4n) is 0.167. The highest BCUT2D eigenvalue weighted by Crippen LogP contribution is 2.09. The van der Waals surface area contributed by atoms with Gasteiger partial charge in [-0.05, 0) is 12.7 Å². The first-order valence-corrected chi connectivity index (χ1v) is 3.27. The van der Waals surface area contributed by atoms with Crippen molar-refractivity contribution in [3.05, 3.63) is 0 Å². The van der Waals surface area contributed by atoms with Crippen molar-refractivity contribution in [1.29, 1.82) is 0 Å². The molecule has 0 bridgehead atoms. The third-order valence-electron chi connectivity index (χ3n) is 0.577. The minimum absolute atomic E-state index is 0.626. The molecule has 0 saturated carbocycles. The zero-order chi connectivity index (χ0) is 4.99. The van der Waals surface area contributed by atoms with Gasteiger partial charge in [0.05, 0.1) is 0 Å². The van der Waals surface area contributed by atoms with Gasteiger partial charge in [-0.25, -0.2) is 4.39 Å². The second kappa shape index (κ2) is 3.47. The molecule has 0 aromatic heterocycles. The van der Waals surface area contributed by atoms with E-state index in [1.165, 1.54) is 11.8 Å². The molecular formula is C4H9FS. The molecule has 6 heavy (non-hydrogen) atoms. The fraction of sp³-hybridized carbons (Fsp3) is 1.00. The molecular weight excluding hydrogens is 99.1 g/mol. The molecule has 0 fully saturated rings. The third-order valence-corrected chi connectivity index (χ3v) is 1.42. The molecule has 0 saturated heterocycles. The van der Waals surface area contributed by atoms with E-state index in [0.717, 1.165) is 0 Å². The van der Waals surface area contributed by atoms with E-state index in [-0.39, 0.29) is 0 Å². The highest BCUT2D eigenvalue weighted by molar-refractivity contribution is 7.99. The fourth-order valence-corrected chi connectivity index (χ4v) is 0.500. The molecule has 2 heteroatoms. The molecule has 1 atom stereocenters. The third kappa shape index (κ3) is 2.51. The van der Waals surface area contributed by atoms with Gasteiger partial charge in [-0.15, -0.1) is 11.8 Å². The van der Waals surface area contributed by atoms with E-state index in [2.05, 4.69) is 0 Å². The van der Waals surface area contributed by atoms with Gasteiger partial charge in [-0.1, -0.05) is 6.92 Å². The van der Waals surface area contributed by atoms with Crippen LogP contribution in [0.1, 0.15) is 13.3 Å². The van der Waals surface area contributed by atoms with Crippen molar-refractivity contribution in [3.63, 3.8) is 0 Å². The Hall–Kier alpha value is 0.280. The lowest BCUT2D eigenvalue weighted by Gasteiger charge is -1.94. The average molecular weight is 108 g/mol. The predicted molar refractivity (Wildman–Crippen MR) is 28.7 cm³/mol. The van der Waals surface area contributed by atoms with Crippen molar-refractivity contribution in [2.45, 2.75) is 18.8 Å². The van der Waals surface area contributed by atoms with Crippen molar-refractivity contribution in [2.75, 3.05) is 6.26 Å². The van der Waals surface area contributed by atoms with E-state index in [9.17, 15) is 4.39 Å². The average Bonchev–Trinajstić information content (AvgIpc) is 1.65. The number of alkyl halides is 1. The number of hydrogen-bond donors (Lipinski definition) is 0. The van der Waals surface area contributed by atoms with Crippen LogP contribution in [0.15, 0.2) is 0 Å². The minimum atomic E-state index is -0.648. The van der Waals surface area contributed by atoms with E-state index in [1.807, 2.05) is 6.92 Å². The van der Waals surface area contributed by atoms with Crippen LogP contribution in [-0.4, -0.2) is 11.8 Å². The summed E-state index contributed by atoms with van der Waals surface area (Å²) in [4.78, 5) is 0. The zero-order valence-electron chi connectivity index (χ0n) is 4.07. The Kier molecular flexibility index (Phi) is 3.63. The summed E-state index contributed by atoms with van der Waals surface area (Å²) in [5.41, 5.74) is -0.648. The zero-order valence-corrected chi connectivity index (χ0v) is 4.89. The van der Waals surface area contributed by atoms with Gasteiger partial charge in [0, 0.05) is 0 Å². The second-order valence-electron chi connectivity index (χ2n) is 1.05. The van der Waals surface area contributed by atoms with Crippen LogP contribution >= 0.6 is 11.8 Å². The Morgan fingerprint density at radius 1 is 1.83 bits per heavy atom. The number of thioether (sulfide) groups is 1. The summed E-state index contributed by atoms with van der Waals surface area (Å²) in [6.45, 7) is 1.83. The molecule has 0 aliphatic carbocycles. The van der Waals surface area contributed by atoms with Crippen molar-refractivity contribution in [2.24, 2.45) is 0 Å². The summed E-state index contributed by atoms with van der Waals surface area (Å²) in [7, 11) is 0. The van der Waals surface area contributed by atoms with Gasteiger partial charge >= 0.3 is 0 Å². The van der Waals surface area contributed by atoms with Crippen molar-refractivity contribution >= 4 is 11.8 Å². The van der Waals surface area contributed by atoms with Crippen LogP contribution in [0.2, 0.25) is 0 Å². The molecule has 0 nitrogen and oxygen atoms in total. The van der Waals surface area contributed by atoms with Gasteiger partial charge in [0.1, 0.15) is 5.50 Å². The Balaban J connectivity index is 2.75. The van der Waals surface area contributed by atoms with E-state index >= 15 is 0 Å². The monoisotopic (exact) mass is 108 g/mol. The Labute approximate surface area is 42.1 Å². The van der Waals surface area contributed by atoms with Crippen LogP contribution in [0.25, 0.3) is 0 Å². The van der Waals surface area contributed by atoms with Crippen LogP contribution in [0.4, 0.5) is 4.39 Å². The standard InChI is InChI=1S/C4H9FS/c1-3-4(5)6-2/h4H,3H2,1-2H3. The van der Waals surface area contributed by atoms with Gasteiger partial charge in [0.25, 0.3) is 0 Å². The lowest BCUT2D eigenvalue weighted by molar-refractivity contribution is 0.444. The lowest BCUT2D eigenvalue weighted by atomic mass is 10.6. The summed E-state index contributed by atoms with van der Waals surface area (Å²) < 4.78 is 11.8. The number of rotatable bonds is 2. The van der Waals surface area contributed by atoms with Crippen LogP contribution in [0.3, 0.4) is 0 Å². The second-order valence-corrected chi connectivity index (χ2v) is 2.04. The SMILES string of the molecule is CCC(F)SC. The molecule has 0 aliphatic heterocycles. The van der Waals surface area contributed by atoms with E-state index in [0.29, 0.717) is 6.42 Å². The van der Waals surface area contributed by atoms with Gasteiger partial charge in [0.15, 0.2) is 0 Å². The Morgan fingerprint density at radius 3 is 2.33 bits per heavy atom.